The molecule has 0 amide bonds. The van der Waals surface area contributed by atoms with Crippen LogP contribution in [0.3, 0.4) is 0 Å². The molecule has 0 bridgehead atoms. The van der Waals surface area contributed by atoms with Crippen molar-refractivity contribution in [3.63, 3.8) is 0 Å². The molecule has 0 N–H and O–H groups in total. The molecule has 0 nitrogen and oxygen atoms in total. The predicted octanol–water partition coefficient (Wildman–Crippen LogP) is 7.81. The van der Waals surface area contributed by atoms with Crippen molar-refractivity contribution in [1.82, 2.24) is 0 Å². The van der Waals surface area contributed by atoms with Gasteiger partial charge in [-0.15, -0.1) is 11.8 Å². The number of benzene rings is 4. The Bertz CT molecular complexity index is 1700. The van der Waals surface area contributed by atoms with E-state index in [4.69, 9.17) is 0 Å². The Labute approximate surface area is 189 Å². The van der Waals surface area contributed by atoms with Crippen LogP contribution in [0.1, 0.15) is 61.1 Å². The van der Waals surface area contributed by atoms with E-state index in [1.165, 1.54) is 65.7 Å². The molecule has 0 heterocycles. The fourth-order valence-corrected chi connectivity index (χ4v) is 5.52. The first-order valence-electron chi connectivity index (χ1n) is 11.3. The first-order valence-corrected chi connectivity index (χ1v) is 11.3. The second-order valence-electron chi connectivity index (χ2n) is 9.23. The van der Waals surface area contributed by atoms with Crippen molar-refractivity contribution in [3.05, 3.63) is 80.9 Å². The maximum Gasteiger partial charge on any atom is 0.0403 e. The molecule has 0 unspecified atom stereocenters. The number of hydrogen-bond donors (Lipinski definition) is 0. The zero-order valence-corrected chi connectivity index (χ0v) is 19.0. The van der Waals surface area contributed by atoms with Crippen LogP contribution < -0.4 is 0 Å². The summed E-state index contributed by atoms with van der Waals surface area (Å²) in [6.45, 7) is 8.28. The van der Waals surface area contributed by atoms with Gasteiger partial charge >= 0.3 is 0 Å². The van der Waals surface area contributed by atoms with Crippen LogP contribution >= 0.6 is 0 Å². The Balaban J connectivity index is 1.80. The molecule has 2 aliphatic carbocycles. The van der Waals surface area contributed by atoms with E-state index in [-0.39, 0.29) is 0 Å². The summed E-state index contributed by atoms with van der Waals surface area (Å²) in [5.41, 5.74) is 10.6. The molecule has 0 spiro atoms. The van der Waals surface area contributed by atoms with Crippen LogP contribution in [0, 0.1) is 23.7 Å². The Morgan fingerprint density at radius 3 is 1.62 bits per heavy atom. The van der Waals surface area contributed by atoms with E-state index in [1.54, 1.807) is 0 Å². The molecular weight excluding hydrogens is 384 g/mol. The van der Waals surface area contributed by atoms with Gasteiger partial charge in [0.2, 0.25) is 0 Å². The van der Waals surface area contributed by atoms with E-state index in [0.29, 0.717) is 0 Å². The summed E-state index contributed by atoms with van der Waals surface area (Å²) in [7, 11) is 0. The largest absolute Gasteiger partial charge is 0.101 e. The van der Waals surface area contributed by atoms with Gasteiger partial charge in [0.15, 0.2) is 0 Å². The molecule has 0 atom stereocenters. The third kappa shape index (κ3) is 2.74. The van der Waals surface area contributed by atoms with Crippen molar-refractivity contribution in [2.75, 3.05) is 0 Å². The van der Waals surface area contributed by atoms with E-state index in [2.05, 4.69) is 86.1 Å². The molecule has 2 aliphatic rings. The van der Waals surface area contributed by atoms with Crippen molar-refractivity contribution >= 4 is 44.5 Å². The SMILES string of the molecule is CC#Cc1c2cc3c(cc2c(C#CC)c2cc4cc5c(cc4cc12)CC(C)=C5)CC(C)=C3. The summed E-state index contributed by atoms with van der Waals surface area (Å²) >= 11 is 0. The molecule has 0 radical (unpaired) electrons. The number of rotatable bonds is 0. The lowest BCUT2D eigenvalue weighted by Gasteiger charge is -2.15. The Hall–Kier alpha value is -3.74. The first-order chi connectivity index (χ1) is 15.6. The van der Waals surface area contributed by atoms with Crippen molar-refractivity contribution in [1.29, 1.82) is 0 Å². The van der Waals surface area contributed by atoms with Crippen molar-refractivity contribution < 1.29 is 0 Å². The van der Waals surface area contributed by atoms with Crippen LogP contribution in [0.2, 0.25) is 0 Å². The predicted molar refractivity (Wildman–Crippen MR) is 139 cm³/mol. The van der Waals surface area contributed by atoms with E-state index < -0.39 is 0 Å². The Kier molecular flexibility index (Phi) is 4.08. The fraction of sp³-hybridized carbons (Fsp3) is 0.188. The first kappa shape index (κ1) is 19.0. The molecule has 0 saturated heterocycles. The van der Waals surface area contributed by atoms with Crippen LogP contribution in [-0.2, 0) is 12.8 Å². The van der Waals surface area contributed by atoms with Gasteiger partial charge < -0.3 is 0 Å². The third-order valence-corrected chi connectivity index (χ3v) is 6.83. The van der Waals surface area contributed by atoms with Gasteiger partial charge in [0.1, 0.15) is 0 Å². The van der Waals surface area contributed by atoms with Gasteiger partial charge in [-0.05, 0) is 125 Å². The average molecular weight is 409 g/mol. The summed E-state index contributed by atoms with van der Waals surface area (Å²) in [6.07, 6.45) is 6.70. The van der Waals surface area contributed by atoms with Crippen LogP contribution in [-0.4, -0.2) is 0 Å². The van der Waals surface area contributed by atoms with Gasteiger partial charge in [-0.2, -0.15) is 0 Å². The zero-order chi connectivity index (χ0) is 22.0. The highest BCUT2D eigenvalue weighted by molar-refractivity contribution is 6.14. The number of allylic oxidation sites excluding steroid dienone is 2. The molecular formula is C32H24. The minimum atomic E-state index is 1.02. The van der Waals surface area contributed by atoms with Crippen LogP contribution in [0.25, 0.3) is 44.5 Å². The molecule has 0 saturated carbocycles. The standard InChI is InChI=1S/C32H24/c1-5-7-27-29-15-23-11-20(4)12-24(23)16-30(29)28(8-6-2)32-18-26-14-22-10-19(3)9-21(22)13-25(26)17-31(27)32/h9,12-18H,10-11H2,1-4H3. The molecule has 0 fully saturated rings. The monoisotopic (exact) mass is 408 g/mol. The lowest BCUT2D eigenvalue weighted by Crippen LogP contribution is -1.94. The molecule has 0 aromatic heterocycles. The average Bonchev–Trinajstić information content (AvgIpc) is 3.31. The third-order valence-electron chi connectivity index (χ3n) is 6.83. The highest BCUT2D eigenvalue weighted by Crippen LogP contribution is 2.39. The lowest BCUT2D eigenvalue weighted by molar-refractivity contribution is 1.20. The van der Waals surface area contributed by atoms with E-state index >= 15 is 0 Å². The van der Waals surface area contributed by atoms with Gasteiger partial charge in [0.05, 0.1) is 0 Å². The minimum absolute atomic E-state index is 1.02. The van der Waals surface area contributed by atoms with E-state index in [9.17, 15) is 0 Å². The summed E-state index contributed by atoms with van der Waals surface area (Å²) in [6, 6.07) is 14.1. The van der Waals surface area contributed by atoms with E-state index in [0.717, 1.165) is 24.0 Å². The van der Waals surface area contributed by atoms with Gasteiger partial charge in [-0.25, -0.2) is 0 Å². The summed E-state index contributed by atoms with van der Waals surface area (Å²) < 4.78 is 0. The second-order valence-corrected chi connectivity index (χ2v) is 9.23. The van der Waals surface area contributed by atoms with Crippen molar-refractivity contribution in [3.8, 4) is 23.7 Å². The molecule has 32 heavy (non-hydrogen) atoms. The number of hydrogen-bond acceptors (Lipinski definition) is 0. The number of fused-ring (bicyclic) bond motifs is 5. The smallest absolute Gasteiger partial charge is 0.0403 e. The van der Waals surface area contributed by atoms with Gasteiger partial charge in [0, 0.05) is 11.1 Å². The van der Waals surface area contributed by atoms with Gasteiger partial charge in [0.25, 0.3) is 0 Å². The molecule has 6 rings (SSSR count). The quantitative estimate of drug-likeness (QED) is 0.206. The lowest BCUT2D eigenvalue weighted by atomic mass is 9.88. The molecule has 152 valence electrons. The van der Waals surface area contributed by atoms with Crippen LogP contribution in [0.15, 0.2) is 47.5 Å². The highest BCUT2D eigenvalue weighted by atomic mass is 14.2. The summed E-state index contributed by atoms with van der Waals surface area (Å²) in [5.74, 6) is 13.3. The molecule has 4 aromatic rings. The molecule has 0 aliphatic heterocycles. The topological polar surface area (TPSA) is 0 Å². The maximum atomic E-state index is 3.46. The Morgan fingerprint density at radius 1 is 0.562 bits per heavy atom. The van der Waals surface area contributed by atoms with Gasteiger partial charge in [-0.3, -0.25) is 0 Å². The zero-order valence-electron chi connectivity index (χ0n) is 19.0. The highest BCUT2D eigenvalue weighted by Gasteiger charge is 2.19. The molecule has 0 heteroatoms. The summed E-state index contributed by atoms with van der Waals surface area (Å²) in [4.78, 5) is 0. The Morgan fingerprint density at radius 2 is 1.03 bits per heavy atom. The second kappa shape index (κ2) is 6.88. The van der Waals surface area contributed by atoms with Crippen molar-refractivity contribution in [2.45, 2.75) is 40.5 Å². The van der Waals surface area contributed by atoms with Crippen LogP contribution in [0.5, 0.6) is 0 Å². The van der Waals surface area contributed by atoms with E-state index in [1.807, 2.05) is 13.8 Å². The maximum absolute atomic E-state index is 3.46. The van der Waals surface area contributed by atoms with Crippen LogP contribution in [0.4, 0.5) is 0 Å². The fourth-order valence-electron chi connectivity index (χ4n) is 5.52. The summed E-state index contributed by atoms with van der Waals surface area (Å²) in [5, 5.41) is 7.41. The van der Waals surface area contributed by atoms with Gasteiger partial charge in [-0.1, -0.05) is 41.2 Å². The molecule has 4 aromatic carbocycles. The normalized spacial score (nSPS) is 13.9. The van der Waals surface area contributed by atoms with Crippen molar-refractivity contribution in [2.24, 2.45) is 0 Å². The minimum Gasteiger partial charge on any atom is -0.101 e.